The smallest absolute Gasteiger partial charge is 0.186 e. The highest BCUT2D eigenvalue weighted by Crippen LogP contribution is 2.29. The van der Waals surface area contributed by atoms with E-state index in [0.717, 1.165) is 16.7 Å². The van der Waals surface area contributed by atoms with E-state index in [4.69, 9.17) is 23.7 Å². The second-order valence-electron chi connectivity index (χ2n) is 7.80. The average Bonchev–Trinajstić information content (AvgIpc) is 3.19. The van der Waals surface area contributed by atoms with Crippen molar-refractivity contribution in [2.45, 2.75) is 44.4 Å². The molecule has 0 aromatic heterocycles. The maximum absolute atomic E-state index is 6.33. The maximum atomic E-state index is 6.33. The van der Waals surface area contributed by atoms with E-state index in [2.05, 4.69) is 0 Å². The molecule has 1 unspecified atom stereocenters. The molecule has 0 bridgehead atoms. The van der Waals surface area contributed by atoms with Crippen molar-refractivity contribution in [3.05, 3.63) is 108 Å². The summed E-state index contributed by atoms with van der Waals surface area (Å²) >= 11 is 0. The summed E-state index contributed by atoms with van der Waals surface area (Å²) in [4.78, 5) is 0. The van der Waals surface area contributed by atoms with Crippen LogP contribution in [0, 0.1) is 0 Å². The van der Waals surface area contributed by atoms with Gasteiger partial charge in [-0.25, -0.2) is 0 Å². The fourth-order valence-corrected chi connectivity index (χ4v) is 3.79. The van der Waals surface area contributed by atoms with Gasteiger partial charge in [-0.2, -0.15) is 0 Å². The van der Waals surface area contributed by atoms with Crippen molar-refractivity contribution in [3.8, 4) is 0 Å². The first kappa shape index (κ1) is 22.6. The first-order valence-electron chi connectivity index (χ1n) is 10.9. The highest BCUT2D eigenvalue weighted by Gasteiger charge is 2.46. The predicted octanol–water partition coefficient (Wildman–Crippen LogP) is 4.75. The van der Waals surface area contributed by atoms with Gasteiger partial charge < -0.3 is 23.7 Å². The molecule has 0 aliphatic carbocycles. The Morgan fingerprint density at radius 3 is 1.59 bits per heavy atom. The number of hydrogen-bond acceptors (Lipinski definition) is 5. The molecule has 0 saturated carbocycles. The Balaban J connectivity index is 1.42. The minimum absolute atomic E-state index is 0.298. The number of ether oxygens (including phenoxy) is 5. The van der Waals surface area contributed by atoms with Crippen molar-refractivity contribution in [2.24, 2.45) is 0 Å². The molecular weight excluding hydrogens is 404 g/mol. The summed E-state index contributed by atoms with van der Waals surface area (Å²) < 4.78 is 30.3. The van der Waals surface area contributed by atoms with Gasteiger partial charge in [-0.1, -0.05) is 91.0 Å². The summed E-state index contributed by atoms with van der Waals surface area (Å²) in [5, 5.41) is 0. The van der Waals surface area contributed by atoms with Crippen molar-refractivity contribution in [1.29, 1.82) is 0 Å². The molecule has 1 aliphatic rings. The molecule has 0 N–H and O–H groups in total. The second kappa shape index (κ2) is 11.9. The molecule has 3 aromatic rings. The van der Waals surface area contributed by atoms with Gasteiger partial charge in [0.1, 0.15) is 18.3 Å². The van der Waals surface area contributed by atoms with E-state index >= 15 is 0 Å². The molecule has 1 fully saturated rings. The van der Waals surface area contributed by atoms with Gasteiger partial charge in [-0.05, 0) is 16.7 Å². The monoisotopic (exact) mass is 434 g/mol. The lowest BCUT2D eigenvalue weighted by molar-refractivity contribution is -0.170. The SMILES string of the molecule is CO[C@@H]1O[C@@H](COCc2ccccc2)C(OCc2ccccc2)[C@H]1OCc1ccccc1. The van der Waals surface area contributed by atoms with E-state index in [1.807, 2.05) is 91.0 Å². The van der Waals surface area contributed by atoms with Crippen LogP contribution >= 0.6 is 0 Å². The van der Waals surface area contributed by atoms with Gasteiger partial charge >= 0.3 is 0 Å². The number of benzene rings is 3. The van der Waals surface area contributed by atoms with E-state index in [-0.39, 0.29) is 18.3 Å². The molecule has 0 amide bonds. The van der Waals surface area contributed by atoms with Gasteiger partial charge in [0.15, 0.2) is 6.29 Å². The molecule has 1 saturated heterocycles. The van der Waals surface area contributed by atoms with E-state index in [0.29, 0.717) is 26.4 Å². The third-order valence-electron chi connectivity index (χ3n) is 5.46. The van der Waals surface area contributed by atoms with Crippen LogP contribution in [0.4, 0.5) is 0 Å². The molecule has 32 heavy (non-hydrogen) atoms. The highest BCUT2D eigenvalue weighted by molar-refractivity contribution is 5.15. The molecule has 168 valence electrons. The van der Waals surface area contributed by atoms with Gasteiger partial charge in [0.2, 0.25) is 0 Å². The van der Waals surface area contributed by atoms with E-state index in [1.165, 1.54) is 0 Å². The van der Waals surface area contributed by atoms with Crippen molar-refractivity contribution in [2.75, 3.05) is 13.7 Å². The first-order valence-corrected chi connectivity index (χ1v) is 10.9. The summed E-state index contributed by atoms with van der Waals surface area (Å²) in [5.74, 6) is 0. The molecule has 4 rings (SSSR count). The van der Waals surface area contributed by atoms with Crippen LogP contribution in [-0.2, 0) is 43.5 Å². The van der Waals surface area contributed by atoms with E-state index in [1.54, 1.807) is 7.11 Å². The third kappa shape index (κ3) is 6.25. The fourth-order valence-electron chi connectivity index (χ4n) is 3.79. The molecule has 5 heteroatoms. The van der Waals surface area contributed by atoms with Crippen LogP contribution in [0.15, 0.2) is 91.0 Å². The Kier molecular flexibility index (Phi) is 8.42. The minimum atomic E-state index is -0.523. The summed E-state index contributed by atoms with van der Waals surface area (Å²) in [5.41, 5.74) is 3.31. The fraction of sp³-hybridized carbons (Fsp3) is 0.333. The number of hydrogen-bond donors (Lipinski definition) is 0. The van der Waals surface area contributed by atoms with Gasteiger partial charge in [-0.3, -0.25) is 0 Å². The Hall–Kier alpha value is -2.54. The van der Waals surface area contributed by atoms with E-state index in [9.17, 15) is 0 Å². The zero-order valence-electron chi connectivity index (χ0n) is 18.3. The lowest BCUT2D eigenvalue weighted by atomic mass is 10.1. The number of methoxy groups -OCH3 is 1. The topological polar surface area (TPSA) is 46.2 Å². The molecule has 4 atom stereocenters. The second-order valence-corrected chi connectivity index (χ2v) is 7.80. The molecule has 0 spiro atoms. The van der Waals surface area contributed by atoms with Crippen LogP contribution in [0.5, 0.6) is 0 Å². The van der Waals surface area contributed by atoms with Crippen LogP contribution in [0.25, 0.3) is 0 Å². The molecule has 0 radical (unpaired) electrons. The Morgan fingerprint density at radius 2 is 1.09 bits per heavy atom. The van der Waals surface area contributed by atoms with Gasteiger partial charge in [0.05, 0.1) is 26.4 Å². The average molecular weight is 435 g/mol. The quantitative estimate of drug-likeness (QED) is 0.436. The molecule has 1 aliphatic heterocycles. The summed E-state index contributed by atoms with van der Waals surface area (Å²) in [6.07, 6.45) is -1.51. The van der Waals surface area contributed by atoms with Crippen molar-refractivity contribution < 1.29 is 23.7 Å². The first-order chi connectivity index (χ1) is 15.8. The normalized spacial score (nSPS) is 22.8. The maximum Gasteiger partial charge on any atom is 0.186 e. The van der Waals surface area contributed by atoms with E-state index < -0.39 is 6.29 Å². The molecule has 5 nitrogen and oxygen atoms in total. The van der Waals surface area contributed by atoms with Crippen LogP contribution in [0.1, 0.15) is 16.7 Å². The van der Waals surface area contributed by atoms with Crippen molar-refractivity contribution in [3.63, 3.8) is 0 Å². The summed E-state index contributed by atoms with van der Waals surface area (Å²) in [7, 11) is 1.63. The Morgan fingerprint density at radius 1 is 0.625 bits per heavy atom. The minimum Gasteiger partial charge on any atom is -0.374 e. The third-order valence-corrected chi connectivity index (χ3v) is 5.46. The van der Waals surface area contributed by atoms with Crippen LogP contribution in [0.3, 0.4) is 0 Å². The zero-order chi connectivity index (χ0) is 22.0. The van der Waals surface area contributed by atoms with Crippen molar-refractivity contribution in [1.82, 2.24) is 0 Å². The predicted molar refractivity (Wildman–Crippen MR) is 122 cm³/mol. The highest BCUT2D eigenvalue weighted by atomic mass is 16.7. The molecule has 3 aromatic carbocycles. The lowest BCUT2D eigenvalue weighted by Crippen LogP contribution is -2.39. The standard InChI is InChI=1S/C27H30O5/c1-28-27-26(31-19-23-15-9-4-10-16-23)25(30-18-22-13-7-3-8-14-22)24(32-27)20-29-17-21-11-5-2-6-12-21/h2-16,24-27H,17-20H2,1H3/t24-,25?,26+,27+/m0/s1. The van der Waals surface area contributed by atoms with Crippen LogP contribution in [-0.4, -0.2) is 38.3 Å². The van der Waals surface area contributed by atoms with Crippen LogP contribution < -0.4 is 0 Å². The Bertz CT molecular complexity index is 903. The number of rotatable bonds is 11. The Labute approximate surface area is 189 Å². The van der Waals surface area contributed by atoms with Crippen molar-refractivity contribution >= 4 is 0 Å². The van der Waals surface area contributed by atoms with Gasteiger partial charge in [0, 0.05) is 7.11 Å². The van der Waals surface area contributed by atoms with Crippen LogP contribution in [0.2, 0.25) is 0 Å². The van der Waals surface area contributed by atoms with Gasteiger partial charge in [-0.15, -0.1) is 0 Å². The largest absolute Gasteiger partial charge is 0.374 e. The van der Waals surface area contributed by atoms with Gasteiger partial charge in [0.25, 0.3) is 0 Å². The molecule has 1 heterocycles. The summed E-state index contributed by atoms with van der Waals surface area (Å²) in [6, 6.07) is 30.3. The zero-order valence-corrected chi connectivity index (χ0v) is 18.3. The lowest BCUT2D eigenvalue weighted by Gasteiger charge is -2.24. The molecular formula is C27H30O5. The summed E-state index contributed by atoms with van der Waals surface area (Å²) in [6.45, 7) is 1.82.